The first-order valence-corrected chi connectivity index (χ1v) is 8.51. The zero-order chi connectivity index (χ0) is 14.2. The summed E-state index contributed by atoms with van der Waals surface area (Å²) < 4.78 is 27.5. The molecule has 0 radical (unpaired) electrons. The molecule has 0 atom stereocenters. The van der Waals surface area contributed by atoms with Gasteiger partial charge in [0, 0.05) is 25.5 Å². The first kappa shape index (κ1) is 13.7. The van der Waals surface area contributed by atoms with Gasteiger partial charge in [0.2, 0.25) is 10.0 Å². The van der Waals surface area contributed by atoms with Crippen molar-refractivity contribution in [1.82, 2.24) is 14.7 Å². The lowest BCUT2D eigenvalue weighted by molar-refractivity contribution is 0.466. The Morgan fingerprint density at radius 3 is 2.75 bits per heavy atom. The lowest BCUT2D eigenvalue weighted by atomic mass is 10.1. The molecule has 0 aliphatic carbocycles. The number of rotatable bonds is 4. The summed E-state index contributed by atoms with van der Waals surface area (Å²) >= 11 is 6.80. The molecular weight excluding hydrogens is 320 g/mol. The van der Waals surface area contributed by atoms with Gasteiger partial charge in [-0.05, 0) is 12.1 Å². The molecule has 1 fully saturated rings. The van der Waals surface area contributed by atoms with Crippen molar-refractivity contribution in [2.45, 2.75) is 10.3 Å². The van der Waals surface area contributed by atoms with Crippen LogP contribution < -0.4 is 9.62 Å². The number of nitrogens with zero attached hydrogens (tertiary/aromatic N) is 3. The summed E-state index contributed by atoms with van der Waals surface area (Å²) in [4.78, 5) is 10.1. The van der Waals surface area contributed by atoms with E-state index in [0.717, 1.165) is 17.2 Å². The lowest BCUT2D eigenvalue weighted by Crippen LogP contribution is -2.59. The second-order valence-electron chi connectivity index (χ2n) is 4.35. The van der Waals surface area contributed by atoms with E-state index in [2.05, 4.69) is 14.7 Å². The predicted octanol–water partition coefficient (Wildman–Crippen LogP) is 1.36. The molecule has 1 aliphatic rings. The fourth-order valence-corrected chi connectivity index (χ4v) is 4.63. The fraction of sp³-hybridized carbons (Fsp3) is 0.273. The molecule has 0 aromatic carbocycles. The fourth-order valence-electron chi connectivity index (χ4n) is 1.91. The molecule has 0 amide bonds. The average molecular weight is 331 g/mol. The molecule has 1 aliphatic heterocycles. The third kappa shape index (κ3) is 2.78. The van der Waals surface area contributed by atoms with Gasteiger partial charge in [-0.2, -0.15) is 0 Å². The van der Waals surface area contributed by atoms with Gasteiger partial charge in [-0.15, -0.1) is 11.3 Å². The summed E-state index contributed by atoms with van der Waals surface area (Å²) in [5.74, 6) is 0.752. The van der Waals surface area contributed by atoms with Crippen LogP contribution in [0.4, 0.5) is 5.82 Å². The van der Waals surface area contributed by atoms with E-state index in [1.807, 2.05) is 4.90 Å². The minimum absolute atomic E-state index is 0.122. The van der Waals surface area contributed by atoms with Crippen LogP contribution in [0.5, 0.6) is 0 Å². The second-order valence-corrected chi connectivity index (χ2v) is 8.00. The van der Waals surface area contributed by atoms with Crippen molar-refractivity contribution in [2.75, 3.05) is 18.0 Å². The molecule has 3 rings (SSSR count). The van der Waals surface area contributed by atoms with Gasteiger partial charge >= 0.3 is 0 Å². The van der Waals surface area contributed by atoms with Crippen molar-refractivity contribution in [2.24, 2.45) is 0 Å². The van der Waals surface area contributed by atoms with E-state index in [1.165, 1.54) is 6.07 Å². The van der Waals surface area contributed by atoms with Crippen LogP contribution >= 0.6 is 22.9 Å². The lowest BCUT2D eigenvalue weighted by Gasteiger charge is -2.39. The van der Waals surface area contributed by atoms with Crippen molar-refractivity contribution in [3.05, 3.63) is 35.1 Å². The van der Waals surface area contributed by atoms with E-state index >= 15 is 0 Å². The third-order valence-corrected chi connectivity index (χ3v) is 6.13. The second kappa shape index (κ2) is 5.28. The number of halogens is 1. The first-order chi connectivity index (χ1) is 9.54. The van der Waals surface area contributed by atoms with Crippen LogP contribution in [0.2, 0.25) is 4.34 Å². The minimum Gasteiger partial charge on any atom is -0.352 e. The van der Waals surface area contributed by atoms with E-state index < -0.39 is 10.0 Å². The molecule has 3 heterocycles. The average Bonchev–Trinajstić information content (AvgIpc) is 2.82. The number of sulfonamides is 1. The van der Waals surface area contributed by atoms with Crippen molar-refractivity contribution >= 4 is 38.8 Å². The zero-order valence-corrected chi connectivity index (χ0v) is 12.6. The van der Waals surface area contributed by atoms with Gasteiger partial charge in [0.05, 0.1) is 16.6 Å². The third-order valence-electron chi connectivity index (χ3n) is 2.89. The first-order valence-electron chi connectivity index (χ1n) is 5.83. The van der Waals surface area contributed by atoms with Gasteiger partial charge < -0.3 is 4.90 Å². The van der Waals surface area contributed by atoms with Gasteiger partial charge in [-0.1, -0.05) is 11.6 Å². The molecular formula is C11H11ClN4O2S2. The van der Waals surface area contributed by atoms with Crippen LogP contribution in [-0.4, -0.2) is 37.5 Å². The summed E-state index contributed by atoms with van der Waals surface area (Å²) in [6.07, 6.45) is 4.87. The van der Waals surface area contributed by atoms with Gasteiger partial charge in [-0.25, -0.2) is 18.1 Å². The van der Waals surface area contributed by atoms with Gasteiger partial charge in [0.25, 0.3) is 0 Å². The molecule has 106 valence electrons. The molecule has 0 saturated carbocycles. The van der Waals surface area contributed by atoms with Crippen LogP contribution in [0.1, 0.15) is 0 Å². The number of aromatic nitrogens is 2. The van der Waals surface area contributed by atoms with Gasteiger partial charge in [0.15, 0.2) is 0 Å². The zero-order valence-electron chi connectivity index (χ0n) is 10.2. The molecule has 20 heavy (non-hydrogen) atoms. The van der Waals surface area contributed by atoms with Crippen LogP contribution in [0.15, 0.2) is 34.9 Å². The van der Waals surface area contributed by atoms with Crippen molar-refractivity contribution < 1.29 is 8.42 Å². The maximum Gasteiger partial charge on any atom is 0.250 e. The molecule has 6 nitrogen and oxygen atoms in total. The summed E-state index contributed by atoms with van der Waals surface area (Å²) in [5, 5.41) is 0. The molecule has 2 aromatic rings. The molecule has 9 heteroatoms. The maximum atomic E-state index is 12.1. The number of nitrogens with one attached hydrogen (secondary N) is 1. The Hall–Kier alpha value is -1.22. The number of hydrogen-bond donors (Lipinski definition) is 1. The molecule has 1 saturated heterocycles. The number of anilines is 1. The Labute approximate surface area is 125 Å². The van der Waals surface area contributed by atoms with Gasteiger partial charge in [0.1, 0.15) is 10.0 Å². The van der Waals surface area contributed by atoms with Crippen LogP contribution in [0.25, 0.3) is 0 Å². The SMILES string of the molecule is O=S(=O)(NC1CN(c2cnccn2)C1)c1ccc(Cl)s1. The minimum atomic E-state index is -3.48. The van der Waals surface area contributed by atoms with Crippen LogP contribution in [-0.2, 0) is 10.0 Å². The normalized spacial score (nSPS) is 16.1. The highest BCUT2D eigenvalue weighted by molar-refractivity contribution is 7.91. The highest BCUT2D eigenvalue weighted by Crippen LogP contribution is 2.26. The summed E-state index contributed by atoms with van der Waals surface area (Å²) in [5.41, 5.74) is 0. The maximum absolute atomic E-state index is 12.1. The van der Waals surface area contributed by atoms with E-state index in [1.54, 1.807) is 24.7 Å². The van der Waals surface area contributed by atoms with Crippen LogP contribution in [0, 0.1) is 0 Å². The number of hydrogen-bond acceptors (Lipinski definition) is 6. The Kier molecular flexibility index (Phi) is 3.63. The van der Waals surface area contributed by atoms with Crippen LogP contribution in [0.3, 0.4) is 0 Å². The Balaban J connectivity index is 1.61. The smallest absolute Gasteiger partial charge is 0.250 e. The monoisotopic (exact) mass is 330 g/mol. The topological polar surface area (TPSA) is 75.2 Å². The summed E-state index contributed by atoms with van der Waals surface area (Å²) in [7, 11) is -3.48. The molecule has 0 bridgehead atoms. The van der Waals surface area contributed by atoms with E-state index in [0.29, 0.717) is 17.4 Å². The largest absolute Gasteiger partial charge is 0.352 e. The predicted molar refractivity (Wildman–Crippen MR) is 77.7 cm³/mol. The van der Waals surface area contributed by atoms with Crippen molar-refractivity contribution in [3.63, 3.8) is 0 Å². The van der Waals surface area contributed by atoms with E-state index in [-0.39, 0.29) is 10.3 Å². The molecule has 0 spiro atoms. The van der Waals surface area contributed by atoms with Gasteiger partial charge in [-0.3, -0.25) is 4.98 Å². The van der Waals surface area contributed by atoms with E-state index in [9.17, 15) is 8.42 Å². The Bertz CT molecular complexity index is 698. The Morgan fingerprint density at radius 1 is 1.35 bits per heavy atom. The summed E-state index contributed by atoms with van der Waals surface area (Å²) in [6.45, 7) is 1.16. The quantitative estimate of drug-likeness (QED) is 0.916. The summed E-state index contributed by atoms with van der Waals surface area (Å²) in [6, 6.07) is 2.96. The molecule has 0 unspecified atom stereocenters. The molecule has 2 aromatic heterocycles. The van der Waals surface area contributed by atoms with Crippen molar-refractivity contribution in [3.8, 4) is 0 Å². The highest BCUT2D eigenvalue weighted by Gasteiger charge is 2.32. The Morgan fingerprint density at radius 2 is 2.15 bits per heavy atom. The standard InChI is InChI=1S/C11H11ClN4O2S2/c12-9-1-2-11(19-9)20(17,18)15-8-6-16(7-8)10-5-13-3-4-14-10/h1-5,8,15H,6-7H2. The number of thiophene rings is 1. The molecule has 1 N–H and O–H groups in total. The van der Waals surface area contributed by atoms with E-state index in [4.69, 9.17) is 11.6 Å². The van der Waals surface area contributed by atoms with Crippen molar-refractivity contribution in [1.29, 1.82) is 0 Å². The highest BCUT2D eigenvalue weighted by atomic mass is 35.5.